The number of anilines is 1. The Morgan fingerprint density at radius 2 is 2.13 bits per heavy atom. The van der Waals surface area contributed by atoms with Gasteiger partial charge in [-0.15, -0.1) is 0 Å². The van der Waals surface area contributed by atoms with Gasteiger partial charge in [0.1, 0.15) is 11.5 Å². The van der Waals surface area contributed by atoms with E-state index in [2.05, 4.69) is 14.9 Å². The van der Waals surface area contributed by atoms with Gasteiger partial charge in [-0.2, -0.15) is 0 Å². The van der Waals surface area contributed by atoms with Crippen LogP contribution in [0.1, 0.15) is 36.2 Å². The Hall–Kier alpha value is -1.73. The fourth-order valence-electron chi connectivity index (χ4n) is 3.34. The molecule has 2 saturated heterocycles. The van der Waals surface area contributed by atoms with Crippen molar-refractivity contribution >= 4 is 11.7 Å². The monoisotopic (exact) mass is 320 g/mol. The van der Waals surface area contributed by atoms with Crippen LogP contribution in [0.4, 0.5) is 5.82 Å². The summed E-state index contributed by atoms with van der Waals surface area (Å²) in [4.78, 5) is 24.2. The van der Waals surface area contributed by atoms with Crippen LogP contribution in [0.5, 0.6) is 0 Å². The van der Waals surface area contributed by atoms with Crippen LogP contribution in [0.3, 0.4) is 0 Å². The number of carbonyl (C=O) groups excluding carboxylic acids is 1. The van der Waals surface area contributed by atoms with E-state index in [4.69, 9.17) is 4.74 Å². The van der Waals surface area contributed by atoms with Crippen molar-refractivity contribution in [3.63, 3.8) is 0 Å². The number of piperidine rings is 1. The van der Waals surface area contributed by atoms with Crippen LogP contribution >= 0.6 is 0 Å². The van der Waals surface area contributed by atoms with Crippen LogP contribution in [0.15, 0.2) is 12.4 Å². The number of hydrogen-bond acceptors (Lipinski definition) is 6. The Balaban J connectivity index is 1.70. The summed E-state index contributed by atoms with van der Waals surface area (Å²) < 4.78 is 5.92. The normalized spacial score (nSPS) is 23.8. The van der Waals surface area contributed by atoms with Crippen LogP contribution in [-0.2, 0) is 4.74 Å². The van der Waals surface area contributed by atoms with E-state index >= 15 is 0 Å². The lowest BCUT2D eigenvalue weighted by atomic mass is 9.82. The number of ether oxygens (including phenoxy) is 1. The Morgan fingerprint density at radius 1 is 1.39 bits per heavy atom. The molecule has 126 valence electrons. The molecule has 7 heteroatoms. The van der Waals surface area contributed by atoms with Crippen molar-refractivity contribution in [2.75, 3.05) is 38.7 Å². The smallest absolute Gasteiger partial charge is 0.273 e. The number of carbonyl (C=O) groups is 1. The van der Waals surface area contributed by atoms with Gasteiger partial charge in [0, 0.05) is 33.8 Å². The third kappa shape index (κ3) is 3.16. The summed E-state index contributed by atoms with van der Waals surface area (Å²) in [6.45, 7) is 2.21. The van der Waals surface area contributed by atoms with Crippen LogP contribution < -0.4 is 4.90 Å². The van der Waals surface area contributed by atoms with Crippen molar-refractivity contribution in [3.05, 3.63) is 18.1 Å². The van der Waals surface area contributed by atoms with E-state index in [1.165, 1.54) is 11.1 Å². The Kier molecular flexibility index (Phi) is 4.50. The van der Waals surface area contributed by atoms with E-state index in [9.17, 15) is 9.90 Å². The summed E-state index contributed by atoms with van der Waals surface area (Å²) in [6, 6.07) is 0. The Bertz CT molecular complexity index is 570. The molecule has 1 aromatic heterocycles. The molecule has 1 spiro atoms. The van der Waals surface area contributed by atoms with Crippen LogP contribution in [0.2, 0.25) is 0 Å². The summed E-state index contributed by atoms with van der Waals surface area (Å²) in [5.74, 6) is 0.553. The summed E-state index contributed by atoms with van der Waals surface area (Å²) in [5.41, 5.74) is -0.0547. The van der Waals surface area contributed by atoms with E-state index < -0.39 is 5.60 Å². The third-order valence-electron chi connectivity index (χ3n) is 4.80. The fourth-order valence-corrected chi connectivity index (χ4v) is 3.34. The predicted molar refractivity (Wildman–Crippen MR) is 85.4 cm³/mol. The zero-order valence-electron chi connectivity index (χ0n) is 13.7. The molecule has 1 atom stereocenters. The SMILES string of the molecule is CN(C)C(=O)c1cncc(N2CCC3(CC2)OCCC[C@H]3O)n1. The van der Waals surface area contributed by atoms with E-state index in [0.29, 0.717) is 11.5 Å². The van der Waals surface area contributed by atoms with E-state index in [-0.39, 0.29) is 12.0 Å². The van der Waals surface area contributed by atoms with E-state index in [1.807, 2.05) is 0 Å². The average molecular weight is 320 g/mol. The minimum absolute atomic E-state index is 0.154. The molecule has 2 fully saturated rings. The average Bonchev–Trinajstić information content (AvgIpc) is 2.58. The number of aromatic nitrogens is 2. The first kappa shape index (κ1) is 16.1. The van der Waals surface area contributed by atoms with Crippen molar-refractivity contribution in [2.45, 2.75) is 37.4 Å². The molecule has 23 heavy (non-hydrogen) atoms. The molecule has 1 aromatic rings. The van der Waals surface area contributed by atoms with Gasteiger partial charge in [-0.3, -0.25) is 9.78 Å². The molecule has 0 radical (unpaired) electrons. The maximum atomic E-state index is 12.0. The van der Waals surface area contributed by atoms with Crippen molar-refractivity contribution < 1.29 is 14.6 Å². The first-order valence-electron chi connectivity index (χ1n) is 8.12. The number of aliphatic hydroxyl groups excluding tert-OH is 1. The highest BCUT2D eigenvalue weighted by atomic mass is 16.5. The molecule has 0 unspecified atom stereocenters. The van der Waals surface area contributed by atoms with Gasteiger partial charge < -0.3 is 19.6 Å². The van der Waals surface area contributed by atoms with Gasteiger partial charge in [-0.05, 0) is 25.7 Å². The lowest BCUT2D eigenvalue weighted by molar-refractivity contribution is -0.164. The molecule has 3 heterocycles. The van der Waals surface area contributed by atoms with Crippen molar-refractivity contribution in [3.8, 4) is 0 Å². The summed E-state index contributed by atoms with van der Waals surface area (Å²) >= 11 is 0. The molecule has 2 aliphatic rings. The Labute approximate surface area is 136 Å². The molecular formula is C16H24N4O3. The van der Waals surface area contributed by atoms with Crippen molar-refractivity contribution in [2.24, 2.45) is 0 Å². The lowest BCUT2D eigenvalue weighted by Crippen LogP contribution is -2.55. The predicted octanol–water partition coefficient (Wildman–Crippen LogP) is 0.689. The van der Waals surface area contributed by atoms with Gasteiger partial charge in [0.15, 0.2) is 0 Å². The largest absolute Gasteiger partial charge is 0.390 e. The number of amides is 1. The Morgan fingerprint density at radius 3 is 2.78 bits per heavy atom. The first-order valence-corrected chi connectivity index (χ1v) is 8.12. The number of hydrogen-bond donors (Lipinski definition) is 1. The molecule has 0 saturated carbocycles. The molecular weight excluding hydrogens is 296 g/mol. The molecule has 0 aliphatic carbocycles. The van der Waals surface area contributed by atoms with Gasteiger partial charge in [-0.1, -0.05) is 0 Å². The first-order chi connectivity index (χ1) is 11.0. The van der Waals surface area contributed by atoms with Crippen LogP contribution in [0, 0.1) is 0 Å². The summed E-state index contributed by atoms with van der Waals surface area (Å²) in [5, 5.41) is 10.3. The standard InChI is InChI=1S/C16H24N4O3/c1-19(2)15(22)12-10-17-11-14(18-12)20-7-5-16(6-8-20)13(21)4-3-9-23-16/h10-11,13,21H,3-9H2,1-2H3/t13-/m1/s1. The quantitative estimate of drug-likeness (QED) is 0.864. The maximum absolute atomic E-state index is 12.0. The lowest BCUT2D eigenvalue weighted by Gasteiger charge is -2.46. The highest BCUT2D eigenvalue weighted by Gasteiger charge is 2.43. The second-order valence-electron chi connectivity index (χ2n) is 6.52. The van der Waals surface area contributed by atoms with Crippen LogP contribution in [-0.4, -0.2) is 71.4 Å². The summed E-state index contributed by atoms with van der Waals surface area (Å²) in [7, 11) is 3.40. The second-order valence-corrected chi connectivity index (χ2v) is 6.52. The fraction of sp³-hybridized carbons (Fsp3) is 0.688. The number of rotatable bonds is 2. The zero-order valence-corrected chi connectivity index (χ0v) is 13.7. The van der Waals surface area contributed by atoms with Crippen molar-refractivity contribution in [1.29, 1.82) is 0 Å². The molecule has 0 bridgehead atoms. The maximum Gasteiger partial charge on any atom is 0.273 e. The number of aliphatic hydroxyl groups is 1. The van der Waals surface area contributed by atoms with Crippen LogP contribution in [0.25, 0.3) is 0 Å². The summed E-state index contributed by atoms with van der Waals surface area (Å²) in [6.07, 6.45) is 6.06. The third-order valence-corrected chi connectivity index (χ3v) is 4.80. The molecule has 1 amide bonds. The minimum Gasteiger partial charge on any atom is -0.390 e. The van der Waals surface area contributed by atoms with Gasteiger partial charge in [-0.25, -0.2) is 4.98 Å². The zero-order chi connectivity index (χ0) is 16.4. The van der Waals surface area contributed by atoms with E-state index in [1.54, 1.807) is 20.3 Å². The molecule has 3 rings (SSSR count). The highest BCUT2D eigenvalue weighted by molar-refractivity contribution is 5.91. The van der Waals surface area contributed by atoms with Gasteiger partial charge in [0.2, 0.25) is 0 Å². The number of nitrogens with zero attached hydrogens (tertiary/aromatic N) is 4. The molecule has 7 nitrogen and oxygen atoms in total. The topological polar surface area (TPSA) is 78.8 Å². The molecule has 0 aromatic carbocycles. The van der Waals surface area contributed by atoms with E-state index in [0.717, 1.165) is 45.4 Å². The minimum atomic E-state index is -0.404. The molecule has 1 N–H and O–H groups in total. The van der Waals surface area contributed by atoms with Gasteiger partial charge in [0.25, 0.3) is 5.91 Å². The van der Waals surface area contributed by atoms with Gasteiger partial charge >= 0.3 is 0 Å². The molecule has 2 aliphatic heterocycles. The second kappa shape index (κ2) is 6.41. The highest BCUT2D eigenvalue weighted by Crippen LogP contribution is 2.36. The van der Waals surface area contributed by atoms with Crippen molar-refractivity contribution in [1.82, 2.24) is 14.9 Å². The van der Waals surface area contributed by atoms with Gasteiger partial charge in [0.05, 0.1) is 24.1 Å².